The van der Waals surface area contributed by atoms with E-state index in [0.29, 0.717) is 5.56 Å². The molecule has 144 valence electrons. The van der Waals surface area contributed by atoms with Crippen LogP contribution in [-0.2, 0) is 0 Å². The number of aromatic nitrogens is 2. The molecule has 0 saturated carbocycles. The molecule has 4 rings (SSSR count). The quantitative estimate of drug-likeness (QED) is 0.496. The van der Waals surface area contributed by atoms with Gasteiger partial charge in [0.25, 0.3) is 5.91 Å². The highest BCUT2D eigenvalue weighted by molar-refractivity contribution is 5.96. The van der Waals surface area contributed by atoms with Crippen LogP contribution in [0, 0.1) is 13.8 Å². The summed E-state index contributed by atoms with van der Waals surface area (Å²) < 4.78 is 1.87. The lowest BCUT2D eigenvalue weighted by Gasteiger charge is -2.25. The van der Waals surface area contributed by atoms with Crippen LogP contribution in [0.3, 0.4) is 0 Å². The number of hydrazine groups is 1. The van der Waals surface area contributed by atoms with Crippen molar-refractivity contribution in [3.05, 3.63) is 108 Å². The van der Waals surface area contributed by atoms with Gasteiger partial charge in [0.1, 0.15) is 0 Å². The summed E-state index contributed by atoms with van der Waals surface area (Å²) in [5.74, 6) is -0.183. The van der Waals surface area contributed by atoms with Gasteiger partial charge >= 0.3 is 0 Å². The summed E-state index contributed by atoms with van der Waals surface area (Å²) in [4.78, 5) is 12.9. The molecule has 0 aliphatic rings. The van der Waals surface area contributed by atoms with E-state index in [9.17, 15) is 4.79 Å². The standard InChI is InChI=1S/C24H22N4O/c1-18-17-19(2)27(25-18)23-15-13-20(14-16-23)24(29)26-28(21-9-5-3-6-10-21)22-11-7-4-8-12-22/h3-17H,1-2H3,(H,26,29). The van der Waals surface area contributed by atoms with Crippen LogP contribution in [-0.4, -0.2) is 15.7 Å². The third-order valence-electron chi connectivity index (χ3n) is 4.63. The predicted octanol–water partition coefficient (Wildman–Crippen LogP) is 4.97. The van der Waals surface area contributed by atoms with Gasteiger partial charge in [-0.05, 0) is 68.4 Å². The van der Waals surface area contributed by atoms with Crippen LogP contribution in [0.15, 0.2) is 91.0 Å². The van der Waals surface area contributed by atoms with Gasteiger partial charge in [-0.2, -0.15) is 5.10 Å². The minimum Gasteiger partial charge on any atom is -0.267 e. The maximum atomic E-state index is 12.9. The number of carbonyl (C=O) groups is 1. The van der Waals surface area contributed by atoms with E-state index in [4.69, 9.17) is 0 Å². The number of hydrogen-bond acceptors (Lipinski definition) is 3. The largest absolute Gasteiger partial charge is 0.270 e. The zero-order valence-corrected chi connectivity index (χ0v) is 16.4. The Balaban J connectivity index is 1.59. The molecule has 1 N–H and O–H groups in total. The molecule has 0 bridgehead atoms. The third kappa shape index (κ3) is 4.04. The molecule has 0 saturated heterocycles. The molecule has 1 heterocycles. The van der Waals surface area contributed by atoms with E-state index in [1.807, 2.05) is 110 Å². The molecular weight excluding hydrogens is 360 g/mol. The van der Waals surface area contributed by atoms with Gasteiger partial charge < -0.3 is 0 Å². The summed E-state index contributed by atoms with van der Waals surface area (Å²) in [6, 6.07) is 29.0. The van der Waals surface area contributed by atoms with Gasteiger partial charge in [-0.1, -0.05) is 36.4 Å². The summed E-state index contributed by atoms with van der Waals surface area (Å²) in [6.07, 6.45) is 0. The minimum atomic E-state index is -0.183. The molecule has 3 aromatic carbocycles. The first kappa shape index (κ1) is 18.5. The zero-order chi connectivity index (χ0) is 20.2. The lowest BCUT2D eigenvalue weighted by Crippen LogP contribution is -2.38. The summed E-state index contributed by atoms with van der Waals surface area (Å²) in [5.41, 5.74) is 8.29. The van der Waals surface area contributed by atoms with E-state index >= 15 is 0 Å². The van der Waals surface area contributed by atoms with Gasteiger partial charge in [-0.25, -0.2) is 4.68 Å². The highest BCUT2D eigenvalue weighted by Gasteiger charge is 2.14. The van der Waals surface area contributed by atoms with Crippen LogP contribution >= 0.6 is 0 Å². The fraction of sp³-hybridized carbons (Fsp3) is 0.0833. The zero-order valence-electron chi connectivity index (χ0n) is 16.4. The van der Waals surface area contributed by atoms with Crippen molar-refractivity contribution in [2.75, 3.05) is 5.01 Å². The van der Waals surface area contributed by atoms with E-state index in [1.165, 1.54) is 0 Å². The highest BCUT2D eigenvalue weighted by Crippen LogP contribution is 2.23. The van der Waals surface area contributed by atoms with Gasteiger partial charge in [0.2, 0.25) is 0 Å². The smallest absolute Gasteiger partial charge is 0.267 e. The predicted molar refractivity (Wildman–Crippen MR) is 116 cm³/mol. The van der Waals surface area contributed by atoms with Crippen molar-refractivity contribution in [1.29, 1.82) is 0 Å². The minimum absolute atomic E-state index is 0.183. The van der Waals surface area contributed by atoms with Crippen LogP contribution in [0.25, 0.3) is 5.69 Å². The lowest BCUT2D eigenvalue weighted by molar-refractivity contribution is 0.0953. The highest BCUT2D eigenvalue weighted by atomic mass is 16.2. The first-order chi connectivity index (χ1) is 14.1. The number of para-hydroxylation sites is 2. The number of rotatable bonds is 5. The number of benzene rings is 3. The normalized spacial score (nSPS) is 10.6. The van der Waals surface area contributed by atoms with Crippen LogP contribution in [0.2, 0.25) is 0 Å². The molecular formula is C24H22N4O. The molecule has 1 amide bonds. The Morgan fingerprint density at radius 3 is 1.86 bits per heavy atom. The van der Waals surface area contributed by atoms with E-state index in [-0.39, 0.29) is 5.91 Å². The Kier molecular flexibility index (Phi) is 5.12. The second kappa shape index (κ2) is 8.02. The van der Waals surface area contributed by atoms with Crippen LogP contribution in [0.1, 0.15) is 21.7 Å². The molecule has 0 spiro atoms. The van der Waals surface area contributed by atoms with Crippen molar-refractivity contribution in [1.82, 2.24) is 15.2 Å². The van der Waals surface area contributed by atoms with Crippen molar-refractivity contribution in [3.63, 3.8) is 0 Å². The number of aryl methyl sites for hydroxylation is 2. The molecule has 0 unspecified atom stereocenters. The number of carbonyl (C=O) groups excluding carboxylic acids is 1. The number of hydrogen-bond donors (Lipinski definition) is 1. The van der Waals surface area contributed by atoms with Gasteiger partial charge in [0, 0.05) is 11.3 Å². The average molecular weight is 382 g/mol. The Morgan fingerprint density at radius 2 is 1.38 bits per heavy atom. The topological polar surface area (TPSA) is 50.2 Å². The van der Waals surface area contributed by atoms with Crippen molar-refractivity contribution < 1.29 is 4.79 Å². The molecule has 0 aliphatic heterocycles. The number of amides is 1. The van der Waals surface area contributed by atoms with Gasteiger partial charge in [-0.15, -0.1) is 0 Å². The van der Waals surface area contributed by atoms with E-state index < -0.39 is 0 Å². The molecule has 1 aromatic heterocycles. The van der Waals surface area contributed by atoms with Crippen molar-refractivity contribution in [3.8, 4) is 5.69 Å². The summed E-state index contributed by atoms with van der Waals surface area (Å²) >= 11 is 0. The second-order valence-corrected chi connectivity index (χ2v) is 6.83. The fourth-order valence-corrected chi connectivity index (χ4v) is 3.24. The van der Waals surface area contributed by atoms with Crippen molar-refractivity contribution in [2.24, 2.45) is 0 Å². The van der Waals surface area contributed by atoms with E-state index in [2.05, 4.69) is 10.5 Å². The number of nitrogens with zero attached hydrogens (tertiary/aromatic N) is 3. The number of anilines is 2. The maximum Gasteiger partial charge on any atom is 0.270 e. The lowest BCUT2D eigenvalue weighted by atomic mass is 10.2. The molecule has 0 fully saturated rings. The Labute approximate surface area is 170 Å². The van der Waals surface area contributed by atoms with Crippen LogP contribution in [0.4, 0.5) is 11.4 Å². The van der Waals surface area contributed by atoms with Crippen LogP contribution < -0.4 is 10.4 Å². The molecule has 0 atom stereocenters. The maximum absolute atomic E-state index is 12.9. The van der Waals surface area contributed by atoms with Gasteiger partial charge in [-0.3, -0.25) is 15.2 Å². The molecule has 5 nitrogen and oxygen atoms in total. The first-order valence-corrected chi connectivity index (χ1v) is 9.47. The molecule has 4 aromatic rings. The van der Waals surface area contributed by atoms with Gasteiger partial charge in [0.15, 0.2) is 0 Å². The average Bonchev–Trinajstić information content (AvgIpc) is 3.11. The van der Waals surface area contributed by atoms with Crippen molar-refractivity contribution >= 4 is 17.3 Å². The summed E-state index contributed by atoms with van der Waals surface area (Å²) in [7, 11) is 0. The molecule has 0 radical (unpaired) electrons. The monoisotopic (exact) mass is 382 g/mol. The number of nitrogens with one attached hydrogen (secondary N) is 1. The van der Waals surface area contributed by atoms with E-state index in [1.54, 1.807) is 5.01 Å². The molecule has 0 aliphatic carbocycles. The second-order valence-electron chi connectivity index (χ2n) is 6.83. The Morgan fingerprint density at radius 1 is 0.828 bits per heavy atom. The SMILES string of the molecule is Cc1cc(C)n(-c2ccc(C(=O)NN(c3ccccc3)c3ccccc3)cc2)n1. The fourth-order valence-electron chi connectivity index (χ4n) is 3.24. The molecule has 29 heavy (non-hydrogen) atoms. The van der Waals surface area contributed by atoms with Crippen molar-refractivity contribution in [2.45, 2.75) is 13.8 Å². The Bertz CT molecular complexity index is 1060. The van der Waals surface area contributed by atoms with Gasteiger partial charge in [0.05, 0.1) is 22.8 Å². The van der Waals surface area contributed by atoms with Crippen LogP contribution in [0.5, 0.6) is 0 Å². The summed E-state index contributed by atoms with van der Waals surface area (Å²) in [5, 5.41) is 6.28. The first-order valence-electron chi connectivity index (χ1n) is 9.47. The third-order valence-corrected chi connectivity index (χ3v) is 4.63. The summed E-state index contributed by atoms with van der Waals surface area (Å²) in [6.45, 7) is 3.98. The molecule has 5 heteroatoms. The van der Waals surface area contributed by atoms with E-state index in [0.717, 1.165) is 28.5 Å². The Hall–Kier alpha value is -3.86.